The van der Waals surface area contributed by atoms with Crippen LogP contribution < -0.4 is 15.4 Å². The summed E-state index contributed by atoms with van der Waals surface area (Å²) in [6.45, 7) is 1.24. The molecule has 30 heavy (non-hydrogen) atoms. The van der Waals surface area contributed by atoms with Crippen molar-refractivity contribution in [3.8, 4) is 5.75 Å². The van der Waals surface area contributed by atoms with Crippen LogP contribution >= 0.6 is 0 Å². The molecule has 0 unspecified atom stereocenters. The Morgan fingerprint density at radius 1 is 1.27 bits per heavy atom. The van der Waals surface area contributed by atoms with Gasteiger partial charge in [0.25, 0.3) is 5.91 Å². The molecule has 0 fully saturated rings. The molecule has 9 heteroatoms. The number of ether oxygens (including phenoxy) is 1. The number of anilines is 1. The summed E-state index contributed by atoms with van der Waals surface area (Å²) in [7, 11) is 1.49. The van der Waals surface area contributed by atoms with Crippen molar-refractivity contribution in [3.05, 3.63) is 70.9 Å². The van der Waals surface area contributed by atoms with Crippen LogP contribution in [0, 0.1) is 18.6 Å². The molecule has 0 saturated heterocycles. The summed E-state index contributed by atoms with van der Waals surface area (Å²) in [5, 5.41) is 14.3. The first-order valence-corrected chi connectivity index (χ1v) is 9.16. The number of nitrogens with one attached hydrogen (secondary N) is 2. The Kier molecular flexibility index (Phi) is 6.31. The van der Waals surface area contributed by atoms with E-state index in [1.54, 1.807) is 6.92 Å². The minimum absolute atomic E-state index is 0.0953. The van der Waals surface area contributed by atoms with Crippen LogP contribution in [0.25, 0.3) is 0 Å². The number of rotatable bonds is 6. The van der Waals surface area contributed by atoms with Crippen molar-refractivity contribution in [1.29, 1.82) is 0 Å². The quantitative estimate of drug-likeness (QED) is 0.674. The average molecular weight is 417 g/mol. The number of halogens is 2. The maximum Gasteiger partial charge on any atom is 0.321 e. The van der Waals surface area contributed by atoms with Crippen molar-refractivity contribution in [1.82, 2.24) is 10.2 Å². The third-order valence-electron chi connectivity index (χ3n) is 4.57. The lowest BCUT2D eigenvalue weighted by Crippen LogP contribution is -2.44. The summed E-state index contributed by atoms with van der Waals surface area (Å²) < 4.78 is 32.5. The third-order valence-corrected chi connectivity index (χ3v) is 4.57. The van der Waals surface area contributed by atoms with Crippen molar-refractivity contribution in [3.63, 3.8) is 0 Å². The molecule has 3 amide bonds. The number of carbonyl (C=O) groups excluding carboxylic acids is 2. The molecule has 3 rings (SSSR count). The Labute approximate surface area is 171 Å². The molecule has 158 valence electrons. The Bertz CT molecular complexity index is 992. The number of aryl methyl sites for hydroxylation is 1. The van der Waals surface area contributed by atoms with Crippen LogP contribution in [0.3, 0.4) is 0 Å². The van der Waals surface area contributed by atoms with Gasteiger partial charge in [0.15, 0.2) is 11.6 Å². The number of hydrogen-bond donors (Lipinski definition) is 3. The first-order valence-electron chi connectivity index (χ1n) is 9.16. The number of nitrogens with zero attached hydrogens (tertiary/aromatic N) is 1. The van der Waals surface area contributed by atoms with Gasteiger partial charge in [0.05, 0.1) is 18.2 Å². The lowest BCUT2D eigenvalue weighted by Gasteiger charge is -2.30. The van der Waals surface area contributed by atoms with Gasteiger partial charge in [-0.15, -0.1) is 0 Å². The number of hydrogen-bond acceptors (Lipinski definition) is 4. The molecule has 0 spiro atoms. The molecule has 3 N–H and O–H groups in total. The van der Waals surface area contributed by atoms with E-state index in [2.05, 4.69) is 10.6 Å². The molecule has 1 atom stereocenters. The molecule has 1 aliphatic rings. The highest BCUT2D eigenvalue weighted by molar-refractivity contribution is 6.06. The zero-order valence-electron chi connectivity index (χ0n) is 16.4. The summed E-state index contributed by atoms with van der Waals surface area (Å²) in [4.78, 5) is 26.3. The molecule has 0 aromatic heterocycles. The van der Waals surface area contributed by atoms with Crippen molar-refractivity contribution in [2.24, 2.45) is 0 Å². The average Bonchev–Trinajstić information content (AvgIpc) is 2.71. The minimum atomic E-state index is -0.792. The van der Waals surface area contributed by atoms with Crippen LogP contribution in [0.15, 0.2) is 48.2 Å². The number of benzene rings is 2. The van der Waals surface area contributed by atoms with Crippen LogP contribution in [-0.2, 0) is 4.79 Å². The molecular weight excluding hydrogens is 396 g/mol. The van der Waals surface area contributed by atoms with E-state index in [4.69, 9.17) is 9.84 Å². The van der Waals surface area contributed by atoms with E-state index in [1.807, 2.05) is 0 Å². The third kappa shape index (κ3) is 4.57. The second kappa shape index (κ2) is 8.91. The zero-order valence-corrected chi connectivity index (χ0v) is 16.4. The van der Waals surface area contributed by atoms with E-state index in [9.17, 15) is 18.4 Å². The summed E-state index contributed by atoms with van der Waals surface area (Å²) >= 11 is 0. The van der Waals surface area contributed by atoms with E-state index in [0.29, 0.717) is 16.8 Å². The van der Waals surface area contributed by atoms with Gasteiger partial charge in [0.1, 0.15) is 12.4 Å². The molecule has 0 saturated carbocycles. The first kappa shape index (κ1) is 21.3. The smallest absolute Gasteiger partial charge is 0.321 e. The number of amides is 3. The van der Waals surface area contributed by atoms with Gasteiger partial charge in [-0.05, 0) is 36.2 Å². The second-order valence-corrected chi connectivity index (χ2v) is 6.75. The summed E-state index contributed by atoms with van der Waals surface area (Å²) in [5.74, 6) is -1.69. The molecule has 2 aromatic rings. The molecule has 1 heterocycles. The van der Waals surface area contributed by atoms with Crippen LogP contribution in [-0.4, -0.2) is 42.2 Å². The van der Waals surface area contributed by atoms with Gasteiger partial charge in [0.2, 0.25) is 0 Å². The summed E-state index contributed by atoms with van der Waals surface area (Å²) in [5.41, 5.74) is 1.52. The SMILES string of the molecule is Cc1cc(F)c(OCCO)cc1NC(=O)C1=CN(C)C(=O)N[C@H]1c1ccc(F)cc1. The topological polar surface area (TPSA) is 90.9 Å². The predicted octanol–water partition coefficient (Wildman–Crippen LogP) is 2.86. The lowest BCUT2D eigenvalue weighted by atomic mass is 9.97. The maximum atomic E-state index is 14.0. The van der Waals surface area contributed by atoms with Crippen LogP contribution in [0.5, 0.6) is 5.75 Å². The number of aliphatic hydroxyl groups is 1. The van der Waals surface area contributed by atoms with Crippen LogP contribution in [0.2, 0.25) is 0 Å². The lowest BCUT2D eigenvalue weighted by molar-refractivity contribution is -0.113. The Balaban J connectivity index is 1.91. The number of aliphatic hydroxyl groups excluding tert-OH is 1. The fourth-order valence-electron chi connectivity index (χ4n) is 3.00. The van der Waals surface area contributed by atoms with Gasteiger partial charge >= 0.3 is 6.03 Å². The van der Waals surface area contributed by atoms with Crippen LogP contribution in [0.4, 0.5) is 19.3 Å². The van der Waals surface area contributed by atoms with Gasteiger partial charge in [-0.25, -0.2) is 13.6 Å². The van der Waals surface area contributed by atoms with Crippen molar-refractivity contribution in [2.75, 3.05) is 25.6 Å². The second-order valence-electron chi connectivity index (χ2n) is 6.75. The molecule has 0 bridgehead atoms. The van der Waals surface area contributed by atoms with E-state index in [0.717, 1.165) is 0 Å². The van der Waals surface area contributed by atoms with Gasteiger partial charge in [0, 0.05) is 25.0 Å². The minimum Gasteiger partial charge on any atom is -0.488 e. The summed E-state index contributed by atoms with van der Waals surface area (Å²) in [6.07, 6.45) is 1.39. The zero-order chi connectivity index (χ0) is 21.8. The Morgan fingerprint density at radius 3 is 2.63 bits per heavy atom. The van der Waals surface area contributed by atoms with E-state index in [-0.39, 0.29) is 24.5 Å². The molecule has 7 nitrogen and oxygen atoms in total. The van der Waals surface area contributed by atoms with Crippen molar-refractivity contribution < 1.29 is 28.2 Å². The fourth-order valence-corrected chi connectivity index (χ4v) is 3.00. The Hall–Kier alpha value is -3.46. The molecule has 0 aliphatic carbocycles. The number of urea groups is 1. The van der Waals surface area contributed by atoms with Gasteiger partial charge in [-0.3, -0.25) is 4.79 Å². The highest BCUT2D eigenvalue weighted by Crippen LogP contribution is 2.30. The number of carbonyl (C=O) groups is 2. The maximum absolute atomic E-state index is 14.0. The highest BCUT2D eigenvalue weighted by Gasteiger charge is 2.30. The monoisotopic (exact) mass is 417 g/mol. The Morgan fingerprint density at radius 2 is 1.97 bits per heavy atom. The molecule has 0 radical (unpaired) electrons. The predicted molar refractivity (Wildman–Crippen MR) is 106 cm³/mol. The van der Waals surface area contributed by atoms with Gasteiger partial charge in [-0.1, -0.05) is 12.1 Å². The normalized spacial score (nSPS) is 16.0. The standard InChI is InChI=1S/C21H21F2N3O4/c1-12-9-16(23)18(30-8-7-27)10-17(12)24-20(28)15-11-26(2)21(29)25-19(15)13-3-5-14(22)6-4-13/h3-6,9-11,19,27H,7-8H2,1-2H3,(H,24,28)(H,25,29)/t19-/m0/s1. The summed E-state index contributed by atoms with van der Waals surface area (Å²) in [6, 6.07) is 6.78. The molecule has 2 aromatic carbocycles. The van der Waals surface area contributed by atoms with E-state index < -0.39 is 29.6 Å². The van der Waals surface area contributed by atoms with Gasteiger partial charge < -0.3 is 25.4 Å². The van der Waals surface area contributed by atoms with Crippen LogP contribution in [0.1, 0.15) is 17.2 Å². The van der Waals surface area contributed by atoms with E-state index >= 15 is 0 Å². The molecule has 1 aliphatic heterocycles. The van der Waals surface area contributed by atoms with Gasteiger partial charge in [-0.2, -0.15) is 0 Å². The highest BCUT2D eigenvalue weighted by atomic mass is 19.1. The van der Waals surface area contributed by atoms with Crippen molar-refractivity contribution in [2.45, 2.75) is 13.0 Å². The molecular formula is C21H21F2N3O4. The van der Waals surface area contributed by atoms with Crippen molar-refractivity contribution >= 4 is 17.6 Å². The largest absolute Gasteiger partial charge is 0.488 e. The van der Waals surface area contributed by atoms with E-state index in [1.165, 1.54) is 54.5 Å². The first-order chi connectivity index (χ1) is 14.3. The fraction of sp³-hybridized carbons (Fsp3) is 0.238.